The number of rotatable bonds is 4. The van der Waals surface area contributed by atoms with Crippen molar-refractivity contribution in [3.63, 3.8) is 0 Å². The third-order valence-corrected chi connectivity index (χ3v) is 3.28. The van der Waals surface area contributed by atoms with Gasteiger partial charge < -0.3 is 15.6 Å². The van der Waals surface area contributed by atoms with Crippen LogP contribution in [-0.4, -0.2) is 29.5 Å². The van der Waals surface area contributed by atoms with E-state index in [0.717, 1.165) is 18.0 Å². The number of anilines is 3. The maximum absolute atomic E-state index is 13.0. The standard InChI is InChI=1S/C14H15FN8/c1-8(12-17-3-9(15)4-18-12)10-5-19-14(16)22-13(10)21-11-6-23(2)7-20-11/h3-8H,1-2H3,(H3,16,19,21,22)/t8-/m0/s1. The zero-order valence-corrected chi connectivity index (χ0v) is 12.6. The fourth-order valence-electron chi connectivity index (χ4n) is 2.11. The number of nitrogen functional groups attached to an aromatic ring is 1. The van der Waals surface area contributed by atoms with Crippen LogP contribution in [0.1, 0.15) is 24.2 Å². The summed E-state index contributed by atoms with van der Waals surface area (Å²) in [5, 5.41) is 3.10. The zero-order chi connectivity index (χ0) is 16.4. The van der Waals surface area contributed by atoms with Crippen molar-refractivity contribution >= 4 is 17.6 Å². The molecule has 3 aromatic rings. The molecule has 0 amide bonds. The van der Waals surface area contributed by atoms with Gasteiger partial charge in [-0.3, -0.25) is 0 Å². The minimum Gasteiger partial charge on any atom is -0.368 e. The molecule has 118 valence electrons. The summed E-state index contributed by atoms with van der Waals surface area (Å²) in [6, 6.07) is 0. The molecule has 0 radical (unpaired) electrons. The van der Waals surface area contributed by atoms with Crippen molar-refractivity contribution in [3.8, 4) is 0 Å². The van der Waals surface area contributed by atoms with Crippen molar-refractivity contribution < 1.29 is 4.39 Å². The van der Waals surface area contributed by atoms with Gasteiger partial charge in [0.05, 0.1) is 18.7 Å². The summed E-state index contributed by atoms with van der Waals surface area (Å²) in [4.78, 5) is 20.5. The van der Waals surface area contributed by atoms with Crippen LogP contribution in [0, 0.1) is 5.82 Å². The molecular formula is C14H15FN8. The molecule has 0 spiro atoms. The van der Waals surface area contributed by atoms with Crippen LogP contribution in [0.4, 0.5) is 22.0 Å². The Morgan fingerprint density at radius 3 is 2.57 bits per heavy atom. The first-order chi connectivity index (χ1) is 11.0. The van der Waals surface area contributed by atoms with E-state index in [4.69, 9.17) is 5.73 Å². The molecule has 3 N–H and O–H groups in total. The van der Waals surface area contributed by atoms with Crippen molar-refractivity contribution in [2.75, 3.05) is 11.1 Å². The fourth-order valence-corrected chi connectivity index (χ4v) is 2.11. The highest BCUT2D eigenvalue weighted by Crippen LogP contribution is 2.28. The van der Waals surface area contributed by atoms with E-state index in [1.807, 2.05) is 14.0 Å². The van der Waals surface area contributed by atoms with Crippen LogP contribution in [0.15, 0.2) is 31.1 Å². The summed E-state index contributed by atoms with van der Waals surface area (Å²) >= 11 is 0. The van der Waals surface area contributed by atoms with E-state index in [-0.39, 0.29) is 11.9 Å². The van der Waals surface area contributed by atoms with Crippen LogP contribution in [0.5, 0.6) is 0 Å². The predicted octanol–water partition coefficient (Wildman–Crippen LogP) is 1.62. The summed E-state index contributed by atoms with van der Waals surface area (Å²) < 4.78 is 14.8. The second-order valence-corrected chi connectivity index (χ2v) is 5.06. The first kappa shape index (κ1) is 14.8. The smallest absolute Gasteiger partial charge is 0.221 e. The predicted molar refractivity (Wildman–Crippen MR) is 82.4 cm³/mol. The molecule has 0 saturated heterocycles. The van der Waals surface area contributed by atoms with Crippen LogP contribution in [0.25, 0.3) is 0 Å². The molecule has 0 aliphatic rings. The number of imidazole rings is 1. The lowest BCUT2D eigenvalue weighted by molar-refractivity contribution is 0.605. The van der Waals surface area contributed by atoms with E-state index in [9.17, 15) is 4.39 Å². The molecule has 0 aliphatic heterocycles. The van der Waals surface area contributed by atoms with Gasteiger partial charge >= 0.3 is 0 Å². The Hall–Kier alpha value is -3.10. The molecule has 3 rings (SSSR count). The highest BCUT2D eigenvalue weighted by molar-refractivity contribution is 5.58. The summed E-state index contributed by atoms with van der Waals surface area (Å²) in [7, 11) is 1.86. The summed E-state index contributed by atoms with van der Waals surface area (Å²) in [5.74, 6) is 1.00. The Kier molecular flexibility index (Phi) is 3.83. The Morgan fingerprint density at radius 1 is 1.17 bits per heavy atom. The molecule has 0 unspecified atom stereocenters. The number of nitrogens with zero attached hydrogens (tertiary/aromatic N) is 6. The van der Waals surface area contributed by atoms with Gasteiger partial charge in [0.1, 0.15) is 17.5 Å². The number of nitrogens with one attached hydrogen (secondary N) is 1. The quantitative estimate of drug-likeness (QED) is 0.753. The molecule has 0 fully saturated rings. The van der Waals surface area contributed by atoms with Gasteiger partial charge in [-0.15, -0.1) is 0 Å². The maximum Gasteiger partial charge on any atom is 0.221 e. The first-order valence-electron chi connectivity index (χ1n) is 6.88. The lowest BCUT2D eigenvalue weighted by Gasteiger charge is -2.14. The normalized spacial score (nSPS) is 12.1. The molecule has 0 aromatic carbocycles. The van der Waals surface area contributed by atoms with Gasteiger partial charge in [0, 0.05) is 30.9 Å². The largest absolute Gasteiger partial charge is 0.368 e. The molecule has 0 bridgehead atoms. The summed E-state index contributed by atoms with van der Waals surface area (Å²) in [6.45, 7) is 1.88. The van der Waals surface area contributed by atoms with Crippen molar-refractivity contribution in [3.05, 3.63) is 48.3 Å². The van der Waals surface area contributed by atoms with Crippen LogP contribution >= 0.6 is 0 Å². The molecule has 9 heteroatoms. The van der Waals surface area contributed by atoms with E-state index in [1.54, 1.807) is 23.3 Å². The van der Waals surface area contributed by atoms with Crippen molar-refractivity contribution in [2.45, 2.75) is 12.8 Å². The molecule has 1 atom stereocenters. The number of hydrogen-bond acceptors (Lipinski definition) is 7. The highest BCUT2D eigenvalue weighted by atomic mass is 19.1. The van der Waals surface area contributed by atoms with Crippen LogP contribution < -0.4 is 11.1 Å². The molecule has 23 heavy (non-hydrogen) atoms. The fraction of sp³-hybridized carbons (Fsp3) is 0.214. The molecule has 8 nitrogen and oxygen atoms in total. The first-order valence-corrected chi connectivity index (χ1v) is 6.88. The monoisotopic (exact) mass is 314 g/mol. The molecular weight excluding hydrogens is 299 g/mol. The van der Waals surface area contributed by atoms with Crippen molar-refractivity contribution in [2.24, 2.45) is 7.05 Å². The molecule has 3 aromatic heterocycles. The third-order valence-electron chi connectivity index (χ3n) is 3.28. The van der Waals surface area contributed by atoms with Crippen molar-refractivity contribution in [1.29, 1.82) is 0 Å². The number of halogens is 1. The number of nitrogens with two attached hydrogens (primary N) is 1. The minimum atomic E-state index is -0.485. The van der Waals surface area contributed by atoms with E-state index in [2.05, 4.69) is 30.2 Å². The zero-order valence-electron chi connectivity index (χ0n) is 12.6. The van der Waals surface area contributed by atoms with Crippen LogP contribution in [-0.2, 0) is 7.05 Å². The van der Waals surface area contributed by atoms with Crippen molar-refractivity contribution in [1.82, 2.24) is 29.5 Å². The van der Waals surface area contributed by atoms with Gasteiger partial charge in [-0.05, 0) is 0 Å². The minimum absolute atomic E-state index is 0.138. The molecule has 0 saturated carbocycles. The maximum atomic E-state index is 13.0. The van der Waals surface area contributed by atoms with E-state index < -0.39 is 5.82 Å². The highest BCUT2D eigenvalue weighted by Gasteiger charge is 2.18. The van der Waals surface area contributed by atoms with Gasteiger partial charge in [-0.25, -0.2) is 24.3 Å². The summed E-state index contributed by atoms with van der Waals surface area (Å²) in [5.41, 5.74) is 6.41. The van der Waals surface area contributed by atoms with Gasteiger partial charge in [0.15, 0.2) is 5.82 Å². The topological polar surface area (TPSA) is 107 Å². The average Bonchev–Trinajstić information content (AvgIpc) is 2.93. The lowest BCUT2D eigenvalue weighted by Crippen LogP contribution is -2.09. The number of hydrogen-bond donors (Lipinski definition) is 2. The number of aryl methyl sites for hydroxylation is 1. The van der Waals surface area contributed by atoms with E-state index in [0.29, 0.717) is 17.5 Å². The Morgan fingerprint density at radius 2 is 1.91 bits per heavy atom. The second-order valence-electron chi connectivity index (χ2n) is 5.06. The number of aromatic nitrogens is 6. The lowest BCUT2D eigenvalue weighted by atomic mass is 10.0. The summed E-state index contributed by atoms with van der Waals surface area (Å²) in [6.07, 6.45) is 7.33. The SMILES string of the molecule is C[C@H](c1ncc(F)cn1)c1cnc(N)nc1Nc1cn(C)cn1. The van der Waals surface area contributed by atoms with Gasteiger partial charge in [-0.2, -0.15) is 4.98 Å². The molecule has 3 heterocycles. The Bertz CT molecular complexity index is 814. The van der Waals surface area contributed by atoms with Gasteiger partial charge in [-0.1, -0.05) is 6.92 Å². The average molecular weight is 314 g/mol. The Labute approximate surface area is 131 Å². The second kappa shape index (κ2) is 5.95. The third kappa shape index (κ3) is 3.23. The van der Waals surface area contributed by atoms with Gasteiger partial charge in [0.25, 0.3) is 0 Å². The Balaban J connectivity index is 1.96. The van der Waals surface area contributed by atoms with E-state index >= 15 is 0 Å². The van der Waals surface area contributed by atoms with Crippen LogP contribution in [0.2, 0.25) is 0 Å². The van der Waals surface area contributed by atoms with Crippen LogP contribution in [0.3, 0.4) is 0 Å². The van der Waals surface area contributed by atoms with Gasteiger partial charge in [0.2, 0.25) is 5.95 Å². The van der Waals surface area contributed by atoms with E-state index in [1.165, 1.54) is 0 Å². The molecule has 0 aliphatic carbocycles.